The minimum Gasteiger partial charge on any atom is -0.338 e. The highest BCUT2D eigenvalue weighted by Gasteiger charge is 2.55. The van der Waals surface area contributed by atoms with E-state index in [2.05, 4.69) is 19.2 Å². The van der Waals surface area contributed by atoms with Gasteiger partial charge in [-0.3, -0.25) is 14.5 Å². The molecule has 2 aliphatic rings. The molecule has 0 radical (unpaired) electrons. The van der Waals surface area contributed by atoms with Crippen molar-refractivity contribution in [2.24, 2.45) is 11.8 Å². The Morgan fingerprint density at radius 2 is 1.79 bits per heavy atom. The van der Waals surface area contributed by atoms with Gasteiger partial charge in [0.15, 0.2) is 0 Å². The molecule has 2 heterocycles. The van der Waals surface area contributed by atoms with Crippen molar-refractivity contribution in [3.63, 3.8) is 0 Å². The molecule has 33 heavy (non-hydrogen) atoms. The van der Waals surface area contributed by atoms with Gasteiger partial charge in [0, 0.05) is 26.2 Å². The number of hydrogen-bond donors (Lipinski definition) is 1. The van der Waals surface area contributed by atoms with Crippen molar-refractivity contribution in [2.75, 3.05) is 40.3 Å². The normalized spacial score (nSPS) is 21.9. The molecule has 2 aliphatic heterocycles. The number of amides is 4. The summed E-state index contributed by atoms with van der Waals surface area (Å²) in [5.74, 6) is -2.47. The number of nitrogens with one attached hydrogen (secondary N) is 1. The van der Waals surface area contributed by atoms with Gasteiger partial charge in [-0.05, 0) is 63.7 Å². The molecule has 1 atom stereocenters. The first-order valence-electron chi connectivity index (χ1n) is 11.6. The Hall–Kier alpha value is -2.55. The van der Waals surface area contributed by atoms with E-state index in [0.717, 1.165) is 18.6 Å². The number of benzene rings is 1. The molecule has 182 valence electrons. The van der Waals surface area contributed by atoms with E-state index >= 15 is 0 Å². The van der Waals surface area contributed by atoms with Crippen LogP contribution in [0.1, 0.15) is 49.9 Å². The fraction of sp³-hybridized carbons (Fsp3) is 0.625. The van der Waals surface area contributed by atoms with E-state index in [1.807, 2.05) is 19.0 Å². The van der Waals surface area contributed by atoms with Gasteiger partial charge in [0.1, 0.15) is 22.7 Å². The van der Waals surface area contributed by atoms with Gasteiger partial charge in [0.25, 0.3) is 11.8 Å². The number of nitrogens with zero attached hydrogens (tertiary/aromatic N) is 3. The molecule has 2 fully saturated rings. The van der Waals surface area contributed by atoms with Gasteiger partial charge in [-0.1, -0.05) is 19.9 Å². The molecule has 0 saturated carbocycles. The lowest BCUT2D eigenvalue weighted by atomic mass is 9.73. The zero-order chi connectivity index (χ0) is 24.3. The van der Waals surface area contributed by atoms with Crippen LogP contribution in [0.15, 0.2) is 18.2 Å². The first-order valence-corrected chi connectivity index (χ1v) is 11.6. The zero-order valence-corrected chi connectivity index (χ0v) is 19.9. The number of likely N-dealkylation sites (N-methyl/N-ethyl adjacent to an activating group) is 1. The van der Waals surface area contributed by atoms with Crippen LogP contribution in [0.2, 0.25) is 0 Å². The Kier molecular flexibility index (Phi) is 7.72. The summed E-state index contributed by atoms with van der Waals surface area (Å²) >= 11 is 0. The fourth-order valence-electron chi connectivity index (χ4n) is 4.75. The van der Waals surface area contributed by atoms with Crippen LogP contribution >= 0.6 is 0 Å². The van der Waals surface area contributed by atoms with Crippen LogP contribution in [-0.4, -0.2) is 78.4 Å². The van der Waals surface area contributed by atoms with E-state index < -0.39 is 28.6 Å². The standard InChI is InChI=1S/C24H34F2N4O3/c1-16(2)8-11-24(22(32)30(23(33)27-24)15-14-28(3)4)17-9-12-29(13-10-17)21(31)20-18(25)6-5-7-19(20)26/h5-7,16-17H,8-15H2,1-4H3,(H,27,33)/t24-/m0/s1. The summed E-state index contributed by atoms with van der Waals surface area (Å²) in [5.41, 5.74) is -1.56. The second kappa shape index (κ2) is 10.2. The molecule has 0 aliphatic carbocycles. The Labute approximate surface area is 194 Å². The number of halogens is 2. The number of carbonyl (C=O) groups excluding carboxylic acids is 3. The third kappa shape index (κ3) is 5.18. The van der Waals surface area contributed by atoms with Gasteiger partial charge >= 0.3 is 6.03 Å². The highest BCUT2D eigenvalue weighted by atomic mass is 19.1. The lowest BCUT2D eigenvalue weighted by Crippen LogP contribution is -2.56. The van der Waals surface area contributed by atoms with E-state index in [-0.39, 0.29) is 30.9 Å². The summed E-state index contributed by atoms with van der Waals surface area (Å²) in [6.07, 6.45) is 2.22. The number of urea groups is 1. The second-order valence-corrected chi connectivity index (χ2v) is 9.76. The Morgan fingerprint density at radius 1 is 1.18 bits per heavy atom. The number of imide groups is 1. The smallest absolute Gasteiger partial charge is 0.325 e. The maximum Gasteiger partial charge on any atom is 0.325 e. The molecular formula is C24H34F2N4O3. The largest absolute Gasteiger partial charge is 0.338 e. The summed E-state index contributed by atoms with van der Waals surface area (Å²) < 4.78 is 28.2. The average molecular weight is 465 g/mol. The summed E-state index contributed by atoms with van der Waals surface area (Å²) in [6, 6.07) is 2.98. The monoisotopic (exact) mass is 464 g/mol. The molecule has 0 aromatic heterocycles. The first kappa shape index (κ1) is 25.1. The van der Waals surface area contributed by atoms with Gasteiger partial charge in [-0.15, -0.1) is 0 Å². The summed E-state index contributed by atoms with van der Waals surface area (Å²) in [6.45, 7) is 5.56. The van der Waals surface area contributed by atoms with Crippen LogP contribution in [0.25, 0.3) is 0 Å². The minimum atomic E-state index is -1.01. The van der Waals surface area contributed by atoms with Crippen molar-refractivity contribution in [2.45, 2.75) is 45.1 Å². The van der Waals surface area contributed by atoms with E-state index in [1.54, 1.807) is 0 Å². The van der Waals surface area contributed by atoms with E-state index in [1.165, 1.54) is 15.9 Å². The van der Waals surface area contributed by atoms with Crippen LogP contribution in [0, 0.1) is 23.5 Å². The van der Waals surface area contributed by atoms with Crippen molar-refractivity contribution >= 4 is 17.8 Å². The molecule has 2 saturated heterocycles. The van der Waals surface area contributed by atoms with Gasteiger partial charge in [0.05, 0.1) is 0 Å². The number of rotatable bonds is 8. The number of hydrogen-bond acceptors (Lipinski definition) is 4. The lowest BCUT2D eigenvalue weighted by molar-refractivity contribution is -0.134. The van der Waals surface area contributed by atoms with Gasteiger partial charge < -0.3 is 15.1 Å². The van der Waals surface area contributed by atoms with Gasteiger partial charge in [-0.25, -0.2) is 13.6 Å². The van der Waals surface area contributed by atoms with Gasteiger partial charge in [-0.2, -0.15) is 0 Å². The third-order valence-electron chi connectivity index (χ3n) is 6.74. The summed E-state index contributed by atoms with van der Waals surface area (Å²) in [4.78, 5) is 43.7. The number of piperidine rings is 1. The maximum absolute atomic E-state index is 14.1. The quantitative estimate of drug-likeness (QED) is 0.600. The van der Waals surface area contributed by atoms with Crippen LogP contribution in [0.4, 0.5) is 13.6 Å². The minimum absolute atomic E-state index is 0.161. The number of carbonyl (C=O) groups is 3. The van der Waals surface area contributed by atoms with E-state index in [0.29, 0.717) is 38.3 Å². The molecule has 1 aromatic carbocycles. The van der Waals surface area contributed by atoms with Crippen LogP contribution in [0.5, 0.6) is 0 Å². The predicted octanol–water partition coefficient (Wildman–Crippen LogP) is 3.11. The zero-order valence-electron chi connectivity index (χ0n) is 19.9. The van der Waals surface area contributed by atoms with Gasteiger partial charge in [0.2, 0.25) is 0 Å². The topological polar surface area (TPSA) is 73.0 Å². The first-order chi connectivity index (χ1) is 15.6. The van der Waals surface area contributed by atoms with Crippen LogP contribution in [0.3, 0.4) is 0 Å². The Morgan fingerprint density at radius 3 is 2.33 bits per heavy atom. The highest BCUT2D eigenvalue weighted by molar-refractivity contribution is 6.07. The van der Waals surface area contributed by atoms with Crippen LogP contribution in [-0.2, 0) is 4.79 Å². The fourth-order valence-corrected chi connectivity index (χ4v) is 4.75. The third-order valence-corrected chi connectivity index (χ3v) is 6.74. The van der Waals surface area contributed by atoms with E-state index in [4.69, 9.17) is 0 Å². The highest BCUT2D eigenvalue weighted by Crippen LogP contribution is 2.38. The maximum atomic E-state index is 14.1. The Bertz CT molecular complexity index is 879. The predicted molar refractivity (Wildman–Crippen MR) is 121 cm³/mol. The van der Waals surface area contributed by atoms with Crippen LogP contribution < -0.4 is 5.32 Å². The summed E-state index contributed by atoms with van der Waals surface area (Å²) in [5, 5.41) is 3.01. The molecular weight excluding hydrogens is 430 g/mol. The molecule has 7 nitrogen and oxygen atoms in total. The molecule has 3 rings (SSSR count). The molecule has 0 spiro atoms. The van der Waals surface area contributed by atoms with E-state index in [9.17, 15) is 23.2 Å². The lowest BCUT2D eigenvalue weighted by Gasteiger charge is -2.41. The molecule has 0 unspecified atom stereocenters. The Balaban J connectivity index is 1.77. The number of likely N-dealkylation sites (tertiary alicyclic amines) is 1. The molecule has 0 bridgehead atoms. The van der Waals surface area contributed by atoms with Crippen molar-refractivity contribution in [1.82, 2.24) is 20.0 Å². The SMILES string of the molecule is CC(C)CC[C@@]1(C2CCN(C(=O)c3c(F)cccc3F)CC2)NC(=O)N(CCN(C)C)C1=O. The average Bonchev–Trinajstić information content (AvgIpc) is 3.00. The molecule has 9 heteroatoms. The van der Waals surface area contributed by atoms with Crippen molar-refractivity contribution in [3.8, 4) is 0 Å². The molecule has 4 amide bonds. The van der Waals surface area contributed by atoms with Crippen molar-refractivity contribution < 1.29 is 23.2 Å². The van der Waals surface area contributed by atoms with Crippen molar-refractivity contribution in [3.05, 3.63) is 35.4 Å². The molecule has 1 N–H and O–H groups in total. The summed E-state index contributed by atoms with van der Waals surface area (Å²) in [7, 11) is 3.77. The van der Waals surface area contributed by atoms with Crippen molar-refractivity contribution in [1.29, 1.82) is 0 Å². The molecule has 1 aromatic rings. The second-order valence-electron chi connectivity index (χ2n) is 9.76.